The number of allylic oxidation sites excluding steroid dienone is 1. The standard InChI is InChI=1S/C17H15BrO3/c1-2-8-3-4-9(18)7-10(8)13-16(19)14-11-5-6-12(21-11)15(14)17(13)20/h3-7,11-12,14-15,19H,2H2,1H3/t11-,12+,14-,15+/m0/s1. The summed E-state index contributed by atoms with van der Waals surface area (Å²) in [7, 11) is 0. The van der Waals surface area contributed by atoms with Gasteiger partial charge in [-0.15, -0.1) is 0 Å². The molecule has 2 aliphatic heterocycles. The number of benzene rings is 1. The highest BCUT2D eigenvalue weighted by Crippen LogP contribution is 2.51. The second-order valence-electron chi connectivity index (χ2n) is 5.78. The predicted octanol–water partition coefficient (Wildman–Crippen LogP) is 3.43. The topological polar surface area (TPSA) is 46.5 Å². The Kier molecular flexibility index (Phi) is 2.88. The van der Waals surface area contributed by atoms with Gasteiger partial charge in [0.15, 0.2) is 5.78 Å². The van der Waals surface area contributed by atoms with Gasteiger partial charge in [0.2, 0.25) is 0 Å². The summed E-state index contributed by atoms with van der Waals surface area (Å²) in [6, 6.07) is 5.90. The van der Waals surface area contributed by atoms with E-state index in [1.54, 1.807) is 0 Å². The second kappa shape index (κ2) is 4.55. The van der Waals surface area contributed by atoms with Gasteiger partial charge in [0.1, 0.15) is 5.76 Å². The van der Waals surface area contributed by atoms with Gasteiger partial charge in [-0.1, -0.05) is 41.1 Å². The van der Waals surface area contributed by atoms with Crippen LogP contribution in [0, 0.1) is 11.8 Å². The van der Waals surface area contributed by atoms with Gasteiger partial charge in [-0.2, -0.15) is 0 Å². The fourth-order valence-electron chi connectivity index (χ4n) is 3.77. The molecular weight excluding hydrogens is 332 g/mol. The van der Waals surface area contributed by atoms with Crippen LogP contribution in [0.3, 0.4) is 0 Å². The Morgan fingerprint density at radius 2 is 1.95 bits per heavy atom. The van der Waals surface area contributed by atoms with Crippen LogP contribution in [0.4, 0.5) is 0 Å². The smallest absolute Gasteiger partial charge is 0.173 e. The second-order valence-corrected chi connectivity index (χ2v) is 6.70. The van der Waals surface area contributed by atoms with Crippen molar-refractivity contribution in [3.8, 4) is 0 Å². The summed E-state index contributed by atoms with van der Waals surface area (Å²) in [6.07, 6.45) is 4.40. The molecule has 3 aliphatic rings. The summed E-state index contributed by atoms with van der Waals surface area (Å²) in [5, 5.41) is 10.6. The van der Waals surface area contributed by atoms with Crippen LogP contribution in [-0.4, -0.2) is 23.1 Å². The summed E-state index contributed by atoms with van der Waals surface area (Å²) >= 11 is 3.46. The third kappa shape index (κ3) is 1.72. The van der Waals surface area contributed by atoms with Crippen LogP contribution in [0.25, 0.3) is 5.57 Å². The average molecular weight is 347 g/mol. The van der Waals surface area contributed by atoms with Crippen LogP contribution in [0.2, 0.25) is 0 Å². The highest BCUT2D eigenvalue weighted by molar-refractivity contribution is 9.10. The van der Waals surface area contributed by atoms with E-state index in [1.165, 1.54) is 0 Å². The van der Waals surface area contributed by atoms with Crippen molar-refractivity contribution in [1.82, 2.24) is 0 Å². The van der Waals surface area contributed by atoms with Crippen LogP contribution in [-0.2, 0) is 16.0 Å². The number of carbonyl (C=O) groups excluding carboxylic acids is 1. The number of aryl methyl sites for hydroxylation is 1. The minimum atomic E-state index is -0.251. The molecule has 3 nitrogen and oxygen atoms in total. The van der Waals surface area contributed by atoms with E-state index in [2.05, 4.69) is 22.9 Å². The molecule has 1 aromatic rings. The molecule has 1 aliphatic carbocycles. The number of Topliss-reactive ketones (excluding diaryl/α,β-unsaturated/α-hetero) is 1. The number of ketones is 1. The molecule has 4 heteroatoms. The van der Waals surface area contributed by atoms with Gasteiger partial charge in [0.05, 0.1) is 29.6 Å². The van der Waals surface area contributed by atoms with Crippen LogP contribution >= 0.6 is 15.9 Å². The molecule has 1 aromatic carbocycles. The number of aliphatic hydroxyl groups is 1. The normalized spacial score (nSPS) is 33.1. The Balaban J connectivity index is 1.86. The zero-order valence-corrected chi connectivity index (χ0v) is 13.1. The van der Waals surface area contributed by atoms with E-state index in [4.69, 9.17) is 4.74 Å². The van der Waals surface area contributed by atoms with E-state index in [9.17, 15) is 9.90 Å². The monoisotopic (exact) mass is 346 g/mol. The first kappa shape index (κ1) is 13.3. The van der Waals surface area contributed by atoms with Crippen LogP contribution in [0.5, 0.6) is 0 Å². The summed E-state index contributed by atoms with van der Waals surface area (Å²) in [6.45, 7) is 2.05. The van der Waals surface area contributed by atoms with Crippen molar-refractivity contribution in [2.75, 3.05) is 0 Å². The minimum Gasteiger partial charge on any atom is -0.511 e. The third-order valence-corrected chi connectivity index (χ3v) is 5.24. The number of fused-ring (bicyclic) bond motifs is 5. The maximum Gasteiger partial charge on any atom is 0.173 e. The molecule has 2 bridgehead atoms. The van der Waals surface area contributed by atoms with Crippen LogP contribution in [0.1, 0.15) is 18.1 Å². The molecule has 4 atom stereocenters. The van der Waals surface area contributed by atoms with E-state index in [0.717, 1.165) is 22.0 Å². The van der Waals surface area contributed by atoms with Crippen molar-refractivity contribution >= 4 is 27.3 Å². The number of halogens is 1. The van der Waals surface area contributed by atoms with E-state index in [-0.39, 0.29) is 35.6 Å². The molecule has 1 saturated heterocycles. The number of hydrogen-bond acceptors (Lipinski definition) is 3. The molecule has 0 aromatic heterocycles. The Bertz CT molecular complexity index is 704. The molecule has 108 valence electrons. The molecule has 4 rings (SSSR count). The van der Waals surface area contributed by atoms with Crippen molar-refractivity contribution in [3.05, 3.63) is 51.7 Å². The Labute approximate surface area is 131 Å². The van der Waals surface area contributed by atoms with Crippen LogP contribution < -0.4 is 0 Å². The molecule has 2 heterocycles. The zero-order chi connectivity index (χ0) is 14.7. The van der Waals surface area contributed by atoms with Crippen LogP contribution in [0.15, 0.2) is 40.6 Å². The number of aliphatic hydroxyl groups excluding tert-OH is 1. The van der Waals surface area contributed by atoms with Crippen molar-refractivity contribution in [1.29, 1.82) is 0 Å². The van der Waals surface area contributed by atoms with Gasteiger partial charge in [-0.05, 0) is 29.7 Å². The molecule has 0 saturated carbocycles. The van der Waals surface area contributed by atoms with Crippen molar-refractivity contribution in [2.24, 2.45) is 11.8 Å². The third-order valence-electron chi connectivity index (χ3n) is 4.74. The predicted molar refractivity (Wildman–Crippen MR) is 82.9 cm³/mol. The molecule has 21 heavy (non-hydrogen) atoms. The van der Waals surface area contributed by atoms with E-state index < -0.39 is 0 Å². The van der Waals surface area contributed by atoms with Crippen molar-refractivity contribution in [2.45, 2.75) is 25.6 Å². The largest absolute Gasteiger partial charge is 0.511 e. The lowest BCUT2D eigenvalue weighted by molar-refractivity contribution is -0.118. The summed E-state index contributed by atoms with van der Waals surface area (Å²) in [5.41, 5.74) is 2.42. The average Bonchev–Trinajstić information content (AvgIpc) is 3.13. The van der Waals surface area contributed by atoms with Crippen molar-refractivity contribution in [3.63, 3.8) is 0 Å². The Morgan fingerprint density at radius 3 is 2.62 bits per heavy atom. The van der Waals surface area contributed by atoms with Gasteiger partial charge < -0.3 is 9.84 Å². The first-order valence-electron chi connectivity index (χ1n) is 7.21. The van der Waals surface area contributed by atoms with Gasteiger partial charge in [0, 0.05) is 4.47 Å². The number of carbonyl (C=O) groups is 1. The summed E-state index contributed by atoms with van der Waals surface area (Å²) in [4.78, 5) is 12.8. The quantitative estimate of drug-likeness (QED) is 0.834. The fraction of sp³-hybridized carbons (Fsp3) is 0.353. The molecule has 0 radical (unpaired) electrons. The number of hydrogen-bond donors (Lipinski definition) is 1. The highest BCUT2D eigenvalue weighted by atomic mass is 79.9. The number of ether oxygens (including phenoxy) is 1. The summed E-state index contributed by atoms with van der Waals surface area (Å²) in [5.74, 6) is -0.235. The summed E-state index contributed by atoms with van der Waals surface area (Å²) < 4.78 is 6.62. The Hall–Kier alpha value is -1.39. The molecular formula is C17H15BrO3. The molecule has 0 unspecified atom stereocenters. The SMILES string of the molecule is CCc1ccc(Br)cc1C1=C(O)[C@@H]2[C@H](C1=O)[C@H]1C=C[C@@H]2O1. The maximum absolute atomic E-state index is 12.8. The van der Waals surface area contributed by atoms with E-state index >= 15 is 0 Å². The fourth-order valence-corrected chi connectivity index (χ4v) is 4.13. The number of rotatable bonds is 2. The first-order chi connectivity index (χ1) is 10.1. The zero-order valence-electron chi connectivity index (χ0n) is 11.5. The lowest BCUT2D eigenvalue weighted by Crippen LogP contribution is -2.26. The maximum atomic E-state index is 12.8. The molecule has 0 spiro atoms. The highest BCUT2D eigenvalue weighted by Gasteiger charge is 2.57. The van der Waals surface area contributed by atoms with Gasteiger partial charge in [0.25, 0.3) is 0 Å². The lowest BCUT2D eigenvalue weighted by Gasteiger charge is -2.15. The minimum absolute atomic E-state index is 0.0159. The van der Waals surface area contributed by atoms with Gasteiger partial charge in [-0.25, -0.2) is 0 Å². The van der Waals surface area contributed by atoms with E-state index in [0.29, 0.717) is 5.57 Å². The molecule has 1 fully saturated rings. The first-order valence-corrected chi connectivity index (χ1v) is 8.01. The molecule has 0 amide bonds. The molecule has 1 N–H and O–H groups in total. The van der Waals surface area contributed by atoms with Gasteiger partial charge in [-0.3, -0.25) is 4.79 Å². The van der Waals surface area contributed by atoms with Gasteiger partial charge >= 0.3 is 0 Å². The Morgan fingerprint density at radius 1 is 1.24 bits per heavy atom. The lowest BCUT2D eigenvalue weighted by atomic mass is 9.84. The van der Waals surface area contributed by atoms with E-state index in [1.807, 2.05) is 30.4 Å². The van der Waals surface area contributed by atoms with Crippen molar-refractivity contribution < 1.29 is 14.6 Å².